The normalized spacial score (nSPS) is 17.0. The van der Waals surface area contributed by atoms with E-state index in [-0.39, 0.29) is 24.3 Å². The molecule has 0 bridgehead atoms. The van der Waals surface area contributed by atoms with Crippen LogP contribution in [0.1, 0.15) is 11.1 Å². The lowest BCUT2D eigenvalue weighted by Gasteiger charge is -2.18. The number of rotatable bonds is 4. The molecule has 0 saturated carbocycles. The third kappa shape index (κ3) is 4.26. The molecule has 1 atom stereocenters. The number of anilines is 1. The van der Waals surface area contributed by atoms with Gasteiger partial charge in [-0.15, -0.1) is 0 Å². The number of hydrogen-bond acceptors (Lipinski definition) is 3. The average molecular weight is 431 g/mol. The quantitative estimate of drug-likeness (QED) is 0.597. The van der Waals surface area contributed by atoms with E-state index in [0.717, 1.165) is 12.1 Å². The molecule has 1 aromatic carbocycles. The van der Waals surface area contributed by atoms with Gasteiger partial charge in [-0.1, -0.05) is 23.7 Å². The van der Waals surface area contributed by atoms with Crippen LogP contribution >= 0.6 is 11.6 Å². The summed E-state index contributed by atoms with van der Waals surface area (Å²) in [5, 5.41) is 2.00. The number of hydrogen-bond donors (Lipinski definition) is 1. The first kappa shape index (κ1) is 20.8. The minimum absolute atomic E-state index is 0.0546. The molecule has 11 heteroatoms. The number of alkyl halides is 3. The van der Waals surface area contributed by atoms with Crippen molar-refractivity contribution in [3.8, 4) is 0 Å². The molecule has 3 rings (SSSR count). The molecule has 3 amide bonds. The molecule has 1 aliphatic heterocycles. The van der Waals surface area contributed by atoms with Gasteiger partial charge in [-0.05, 0) is 17.7 Å². The van der Waals surface area contributed by atoms with Gasteiger partial charge in [0, 0.05) is 25.9 Å². The van der Waals surface area contributed by atoms with Gasteiger partial charge >= 0.3 is 12.2 Å². The first-order valence-corrected chi connectivity index (χ1v) is 8.75. The van der Waals surface area contributed by atoms with Gasteiger partial charge in [0.25, 0.3) is 0 Å². The van der Waals surface area contributed by atoms with E-state index in [0.29, 0.717) is 0 Å². The Bertz CT molecular complexity index is 954. The number of nitrogens with one attached hydrogen (secondary N) is 1. The van der Waals surface area contributed by atoms with Gasteiger partial charge in [-0.2, -0.15) is 17.6 Å². The maximum Gasteiger partial charge on any atom is 0.417 e. The molecule has 6 nitrogen and oxygen atoms in total. The van der Waals surface area contributed by atoms with Crippen LogP contribution in [0.4, 0.5) is 28.0 Å². The van der Waals surface area contributed by atoms with Crippen LogP contribution < -0.4 is 10.2 Å². The molecular formula is C18H15ClF4N4O2. The van der Waals surface area contributed by atoms with Crippen LogP contribution in [0.25, 0.3) is 0 Å². The summed E-state index contributed by atoms with van der Waals surface area (Å²) in [6.07, 6.45) is -3.42. The van der Waals surface area contributed by atoms with Gasteiger partial charge in [0.1, 0.15) is 6.04 Å². The number of carbonyl (C=O) groups is 2. The van der Waals surface area contributed by atoms with Crippen molar-refractivity contribution in [1.29, 1.82) is 0 Å². The Labute approximate surface area is 168 Å². The molecule has 0 aliphatic carbocycles. The number of amides is 3. The van der Waals surface area contributed by atoms with E-state index < -0.39 is 40.7 Å². The third-order valence-electron chi connectivity index (χ3n) is 4.52. The van der Waals surface area contributed by atoms with Crippen molar-refractivity contribution in [2.24, 2.45) is 0 Å². The zero-order valence-electron chi connectivity index (χ0n) is 15.0. The molecule has 1 aromatic heterocycles. The van der Waals surface area contributed by atoms with E-state index in [2.05, 4.69) is 10.3 Å². The monoisotopic (exact) mass is 430 g/mol. The van der Waals surface area contributed by atoms with Crippen molar-refractivity contribution in [2.45, 2.75) is 18.8 Å². The predicted molar refractivity (Wildman–Crippen MR) is 96.8 cm³/mol. The predicted octanol–water partition coefficient (Wildman–Crippen LogP) is 3.45. The lowest BCUT2D eigenvalue weighted by molar-refractivity contribution is -0.137. The van der Waals surface area contributed by atoms with Crippen molar-refractivity contribution in [1.82, 2.24) is 15.2 Å². The van der Waals surface area contributed by atoms with Crippen LogP contribution in [-0.2, 0) is 17.5 Å². The Morgan fingerprint density at radius 2 is 2.07 bits per heavy atom. The molecule has 1 aliphatic rings. The summed E-state index contributed by atoms with van der Waals surface area (Å²) in [4.78, 5) is 30.7. The van der Waals surface area contributed by atoms with Gasteiger partial charge in [-0.25, -0.2) is 9.78 Å². The summed E-state index contributed by atoms with van der Waals surface area (Å²) < 4.78 is 52.2. The van der Waals surface area contributed by atoms with Crippen molar-refractivity contribution in [3.05, 3.63) is 58.6 Å². The lowest BCUT2D eigenvalue weighted by Crippen LogP contribution is -2.43. The molecule has 1 fully saturated rings. The van der Waals surface area contributed by atoms with Crippen molar-refractivity contribution < 1.29 is 27.2 Å². The van der Waals surface area contributed by atoms with Crippen LogP contribution in [0.15, 0.2) is 36.5 Å². The highest BCUT2D eigenvalue weighted by molar-refractivity contribution is 6.32. The number of likely N-dealkylation sites (N-methyl/N-ethyl adjacent to an activating group) is 1. The molecule has 0 spiro atoms. The molecule has 29 heavy (non-hydrogen) atoms. The van der Waals surface area contributed by atoms with Crippen LogP contribution in [0.3, 0.4) is 0 Å². The molecular weight excluding hydrogens is 416 g/mol. The van der Waals surface area contributed by atoms with Crippen LogP contribution in [0.2, 0.25) is 5.02 Å². The number of halogens is 5. The SMILES string of the molecule is CN1C(=O)N(c2ccnc(F)c2)CC1C(=O)NCc1cccc(C(F)(F)F)c1Cl. The number of carbonyl (C=O) groups excluding carboxylic acids is 2. The number of nitrogens with zero attached hydrogens (tertiary/aromatic N) is 3. The van der Waals surface area contributed by atoms with Crippen molar-refractivity contribution >= 4 is 29.2 Å². The second-order valence-corrected chi connectivity index (χ2v) is 6.73. The summed E-state index contributed by atoms with van der Waals surface area (Å²) in [6.45, 7) is -0.301. The minimum atomic E-state index is -4.62. The second-order valence-electron chi connectivity index (χ2n) is 6.35. The zero-order chi connectivity index (χ0) is 21.3. The van der Waals surface area contributed by atoms with E-state index in [1.165, 1.54) is 41.2 Å². The topological polar surface area (TPSA) is 65.5 Å². The van der Waals surface area contributed by atoms with Gasteiger partial charge in [0.2, 0.25) is 11.9 Å². The summed E-state index contributed by atoms with van der Waals surface area (Å²) in [6, 6.07) is 4.47. The minimum Gasteiger partial charge on any atom is -0.350 e. The van der Waals surface area contributed by atoms with Gasteiger partial charge < -0.3 is 10.2 Å². The summed E-state index contributed by atoms with van der Waals surface area (Å²) in [5.41, 5.74) is -0.662. The fraction of sp³-hybridized carbons (Fsp3) is 0.278. The number of pyridine rings is 1. The number of urea groups is 1. The van der Waals surface area contributed by atoms with Crippen LogP contribution in [-0.4, -0.2) is 41.5 Å². The molecule has 1 saturated heterocycles. The highest BCUT2D eigenvalue weighted by Crippen LogP contribution is 2.36. The molecule has 1 N–H and O–H groups in total. The van der Waals surface area contributed by atoms with Gasteiger partial charge in [0.15, 0.2) is 0 Å². The van der Waals surface area contributed by atoms with Crippen molar-refractivity contribution in [2.75, 3.05) is 18.5 Å². The lowest BCUT2D eigenvalue weighted by atomic mass is 10.1. The van der Waals surface area contributed by atoms with E-state index in [9.17, 15) is 27.2 Å². The largest absolute Gasteiger partial charge is 0.417 e. The third-order valence-corrected chi connectivity index (χ3v) is 4.96. The number of aromatic nitrogens is 1. The van der Waals surface area contributed by atoms with Gasteiger partial charge in [0.05, 0.1) is 22.8 Å². The van der Waals surface area contributed by atoms with E-state index >= 15 is 0 Å². The summed E-state index contributed by atoms with van der Waals surface area (Å²) in [7, 11) is 1.40. The first-order chi connectivity index (χ1) is 13.6. The standard InChI is InChI=1S/C18H15ClF4N4O2/c1-26-13(9-27(17(26)29)11-5-6-24-14(20)7-11)16(28)25-8-10-3-2-4-12(15(10)19)18(21,22)23/h2-7,13H,8-9H2,1H3,(H,25,28). The fourth-order valence-corrected chi connectivity index (χ4v) is 3.27. The van der Waals surface area contributed by atoms with Gasteiger partial charge in [-0.3, -0.25) is 9.69 Å². The smallest absolute Gasteiger partial charge is 0.350 e. The first-order valence-electron chi connectivity index (χ1n) is 8.37. The molecule has 2 aromatic rings. The maximum absolute atomic E-state index is 13.3. The Kier molecular flexibility index (Phi) is 5.65. The molecule has 1 unspecified atom stereocenters. The van der Waals surface area contributed by atoms with Crippen LogP contribution in [0.5, 0.6) is 0 Å². The molecule has 0 radical (unpaired) electrons. The highest BCUT2D eigenvalue weighted by atomic mass is 35.5. The van der Waals surface area contributed by atoms with E-state index in [1.807, 2.05) is 0 Å². The highest BCUT2D eigenvalue weighted by Gasteiger charge is 2.40. The zero-order valence-corrected chi connectivity index (χ0v) is 15.8. The van der Waals surface area contributed by atoms with E-state index in [1.54, 1.807) is 0 Å². The summed E-state index contributed by atoms with van der Waals surface area (Å²) >= 11 is 5.82. The Balaban J connectivity index is 1.71. The van der Waals surface area contributed by atoms with E-state index in [4.69, 9.17) is 11.6 Å². The summed E-state index contributed by atoms with van der Waals surface area (Å²) in [5.74, 6) is -1.35. The van der Waals surface area contributed by atoms with Crippen molar-refractivity contribution in [3.63, 3.8) is 0 Å². The molecule has 2 heterocycles. The Morgan fingerprint density at radius 1 is 1.34 bits per heavy atom. The van der Waals surface area contributed by atoms with Crippen LogP contribution in [0, 0.1) is 5.95 Å². The fourth-order valence-electron chi connectivity index (χ4n) is 2.97. The number of benzene rings is 1. The molecule has 154 valence electrons. The second kappa shape index (κ2) is 7.86. The average Bonchev–Trinajstić information content (AvgIpc) is 2.95. The maximum atomic E-state index is 13.3. The Hall–Kier alpha value is -2.88. The Morgan fingerprint density at radius 3 is 2.72 bits per heavy atom.